The number of ether oxygens (including phenoxy) is 1. The minimum absolute atomic E-state index is 0.0136. The number of hydrogen-bond acceptors (Lipinski definition) is 2. The molecular formula is C18H25NO2. The van der Waals surface area contributed by atoms with Gasteiger partial charge in [0.25, 0.3) is 0 Å². The average molecular weight is 287 g/mol. The highest BCUT2D eigenvalue weighted by atomic mass is 16.5. The minimum atomic E-state index is 0.0136. The lowest BCUT2D eigenvalue weighted by Crippen LogP contribution is -2.47. The predicted octanol–water partition coefficient (Wildman–Crippen LogP) is 3.47. The molecule has 3 heteroatoms. The van der Waals surface area contributed by atoms with Crippen LogP contribution in [-0.2, 0) is 9.53 Å². The molecule has 21 heavy (non-hydrogen) atoms. The Kier molecular flexibility index (Phi) is 4.29. The molecule has 1 amide bonds. The fourth-order valence-corrected chi connectivity index (χ4v) is 3.53. The third kappa shape index (κ3) is 3.29. The van der Waals surface area contributed by atoms with Crippen molar-refractivity contribution in [2.45, 2.75) is 51.7 Å². The molecule has 0 N–H and O–H groups in total. The zero-order chi connectivity index (χ0) is 14.8. The van der Waals surface area contributed by atoms with E-state index in [9.17, 15) is 4.79 Å². The van der Waals surface area contributed by atoms with E-state index >= 15 is 0 Å². The monoisotopic (exact) mass is 287 g/mol. The van der Waals surface area contributed by atoms with Crippen molar-refractivity contribution in [3.8, 4) is 0 Å². The van der Waals surface area contributed by atoms with Gasteiger partial charge in [-0.2, -0.15) is 0 Å². The molecule has 0 spiro atoms. The van der Waals surface area contributed by atoms with Crippen LogP contribution < -0.4 is 0 Å². The molecule has 0 radical (unpaired) electrons. The molecule has 3 rings (SSSR count). The van der Waals surface area contributed by atoms with Gasteiger partial charge in [0, 0.05) is 12.5 Å². The smallest absolute Gasteiger partial charge is 0.225 e. The molecule has 1 heterocycles. The zero-order valence-corrected chi connectivity index (χ0v) is 13.0. The first-order chi connectivity index (χ1) is 10.1. The summed E-state index contributed by atoms with van der Waals surface area (Å²) in [4.78, 5) is 14.7. The van der Waals surface area contributed by atoms with Crippen LogP contribution in [0.2, 0.25) is 0 Å². The molecule has 1 saturated heterocycles. The van der Waals surface area contributed by atoms with Gasteiger partial charge in [0.05, 0.1) is 12.6 Å². The lowest BCUT2D eigenvalue weighted by atomic mass is 10.0. The predicted molar refractivity (Wildman–Crippen MR) is 83.0 cm³/mol. The van der Waals surface area contributed by atoms with E-state index in [4.69, 9.17) is 4.74 Å². The lowest BCUT2D eigenvalue weighted by Gasteiger charge is -2.38. The molecule has 114 valence electrons. The topological polar surface area (TPSA) is 29.5 Å². The van der Waals surface area contributed by atoms with Crippen molar-refractivity contribution in [2.75, 3.05) is 13.1 Å². The second kappa shape index (κ2) is 6.18. The Bertz CT molecular complexity index is 490. The van der Waals surface area contributed by atoms with Gasteiger partial charge in [-0.3, -0.25) is 4.79 Å². The maximum atomic E-state index is 12.6. The number of aryl methyl sites for hydroxylation is 1. The molecule has 1 aromatic carbocycles. The summed E-state index contributed by atoms with van der Waals surface area (Å²) in [6, 6.07) is 8.47. The normalized spacial score (nSPS) is 27.0. The van der Waals surface area contributed by atoms with Gasteiger partial charge in [-0.25, -0.2) is 0 Å². The van der Waals surface area contributed by atoms with Gasteiger partial charge in [0.15, 0.2) is 0 Å². The Labute approximate surface area is 127 Å². The number of benzene rings is 1. The number of rotatable bonds is 2. The average Bonchev–Trinajstić information content (AvgIpc) is 3.00. The van der Waals surface area contributed by atoms with E-state index in [1.165, 1.54) is 24.0 Å². The highest BCUT2D eigenvalue weighted by molar-refractivity contribution is 5.79. The minimum Gasteiger partial charge on any atom is -0.367 e. The summed E-state index contributed by atoms with van der Waals surface area (Å²) in [7, 11) is 0. The molecule has 1 aliphatic carbocycles. The van der Waals surface area contributed by atoms with Crippen LogP contribution in [0.25, 0.3) is 0 Å². The van der Waals surface area contributed by atoms with Gasteiger partial charge in [-0.1, -0.05) is 42.7 Å². The van der Waals surface area contributed by atoms with Crippen molar-refractivity contribution in [3.63, 3.8) is 0 Å². The second-order valence-corrected chi connectivity index (χ2v) is 6.57. The van der Waals surface area contributed by atoms with Gasteiger partial charge in [-0.05, 0) is 32.3 Å². The molecule has 1 aromatic rings. The standard InChI is InChI=1S/C18H25NO2/c1-13-7-9-15(10-8-13)17-12-19(11-14(2)21-17)18(20)16-5-3-4-6-16/h7-10,14,16-17H,3-6,11-12H2,1-2H3. The van der Waals surface area contributed by atoms with Crippen molar-refractivity contribution in [1.29, 1.82) is 0 Å². The summed E-state index contributed by atoms with van der Waals surface area (Å²) >= 11 is 0. The maximum Gasteiger partial charge on any atom is 0.225 e. The number of carbonyl (C=O) groups excluding carboxylic acids is 1. The third-order valence-electron chi connectivity index (χ3n) is 4.73. The molecule has 1 aliphatic heterocycles. The first kappa shape index (κ1) is 14.6. The summed E-state index contributed by atoms with van der Waals surface area (Å²) in [6.45, 7) is 5.58. The summed E-state index contributed by atoms with van der Waals surface area (Å²) in [6.07, 6.45) is 4.67. The largest absolute Gasteiger partial charge is 0.367 e. The zero-order valence-electron chi connectivity index (χ0n) is 13.0. The number of morpholine rings is 1. The number of amides is 1. The van der Waals surface area contributed by atoms with Crippen LogP contribution >= 0.6 is 0 Å². The van der Waals surface area contributed by atoms with E-state index in [1.807, 2.05) is 4.90 Å². The van der Waals surface area contributed by atoms with Crippen molar-refractivity contribution in [2.24, 2.45) is 5.92 Å². The molecule has 0 bridgehead atoms. The van der Waals surface area contributed by atoms with Gasteiger partial charge < -0.3 is 9.64 Å². The van der Waals surface area contributed by atoms with Crippen molar-refractivity contribution >= 4 is 5.91 Å². The lowest BCUT2D eigenvalue weighted by molar-refractivity contribution is -0.148. The number of nitrogens with zero attached hydrogens (tertiary/aromatic N) is 1. The van der Waals surface area contributed by atoms with Crippen LogP contribution in [0.15, 0.2) is 24.3 Å². The van der Waals surface area contributed by atoms with Crippen LogP contribution in [0.1, 0.15) is 49.8 Å². The first-order valence-electron chi connectivity index (χ1n) is 8.14. The van der Waals surface area contributed by atoms with E-state index in [-0.39, 0.29) is 18.1 Å². The summed E-state index contributed by atoms with van der Waals surface area (Å²) in [5.41, 5.74) is 2.43. The third-order valence-corrected chi connectivity index (χ3v) is 4.73. The van der Waals surface area contributed by atoms with Gasteiger partial charge in [0.1, 0.15) is 6.10 Å². The molecule has 2 aliphatic rings. The second-order valence-electron chi connectivity index (χ2n) is 6.57. The Balaban J connectivity index is 1.71. The maximum absolute atomic E-state index is 12.6. The summed E-state index contributed by atoms with van der Waals surface area (Å²) in [5.74, 6) is 0.605. The van der Waals surface area contributed by atoms with Gasteiger partial charge >= 0.3 is 0 Å². The fraction of sp³-hybridized carbons (Fsp3) is 0.611. The number of carbonyl (C=O) groups is 1. The van der Waals surface area contributed by atoms with Crippen molar-refractivity contribution < 1.29 is 9.53 Å². The quantitative estimate of drug-likeness (QED) is 0.833. The molecule has 2 atom stereocenters. The highest BCUT2D eigenvalue weighted by Gasteiger charge is 2.33. The number of hydrogen-bond donors (Lipinski definition) is 0. The highest BCUT2D eigenvalue weighted by Crippen LogP contribution is 2.30. The van der Waals surface area contributed by atoms with Crippen molar-refractivity contribution in [3.05, 3.63) is 35.4 Å². The molecule has 2 unspecified atom stereocenters. The molecule has 1 saturated carbocycles. The Hall–Kier alpha value is -1.35. The first-order valence-corrected chi connectivity index (χ1v) is 8.14. The Morgan fingerprint density at radius 3 is 2.48 bits per heavy atom. The van der Waals surface area contributed by atoms with Gasteiger partial charge in [0.2, 0.25) is 5.91 Å². The van der Waals surface area contributed by atoms with Crippen LogP contribution in [0.5, 0.6) is 0 Å². The molecular weight excluding hydrogens is 262 g/mol. The summed E-state index contributed by atoms with van der Waals surface area (Å²) < 4.78 is 6.06. The van der Waals surface area contributed by atoms with Crippen LogP contribution in [0, 0.1) is 12.8 Å². The molecule has 0 aromatic heterocycles. The Morgan fingerprint density at radius 1 is 1.14 bits per heavy atom. The summed E-state index contributed by atoms with van der Waals surface area (Å²) in [5, 5.41) is 0. The molecule has 2 fully saturated rings. The van der Waals surface area contributed by atoms with Crippen LogP contribution in [-0.4, -0.2) is 30.0 Å². The van der Waals surface area contributed by atoms with E-state index < -0.39 is 0 Å². The molecule has 3 nitrogen and oxygen atoms in total. The fourth-order valence-electron chi connectivity index (χ4n) is 3.53. The van der Waals surface area contributed by atoms with E-state index in [1.54, 1.807) is 0 Å². The van der Waals surface area contributed by atoms with Gasteiger partial charge in [-0.15, -0.1) is 0 Å². The Morgan fingerprint density at radius 2 is 1.81 bits per heavy atom. The van der Waals surface area contributed by atoms with E-state index in [2.05, 4.69) is 38.1 Å². The SMILES string of the molecule is Cc1ccc(C2CN(C(=O)C3CCCC3)CC(C)O2)cc1. The van der Waals surface area contributed by atoms with Crippen LogP contribution in [0.3, 0.4) is 0 Å². The van der Waals surface area contributed by atoms with Crippen LogP contribution in [0.4, 0.5) is 0 Å². The van der Waals surface area contributed by atoms with E-state index in [0.29, 0.717) is 12.5 Å². The van der Waals surface area contributed by atoms with E-state index in [0.717, 1.165) is 19.4 Å². The van der Waals surface area contributed by atoms with Crippen molar-refractivity contribution in [1.82, 2.24) is 4.90 Å².